The van der Waals surface area contributed by atoms with Crippen molar-refractivity contribution in [2.24, 2.45) is 0 Å². The molecule has 0 amide bonds. The number of benzene rings is 2. The van der Waals surface area contributed by atoms with Crippen LogP contribution in [0.15, 0.2) is 53.1 Å². The first-order valence-electron chi connectivity index (χ1n) is 9.50. The van der Waals surface area contributed by atoms with Crippen LogP contribution in [0.4, 0.5) is 8.78 Å². The average molecular weight is 368 g/mol. The van der Waals surface area contributed by atoms with Gasteiger partial charge in [-0.1, -0.05) is 54.8 Å². The van der Waals surface area contributed by atoms with Crippen molar-refractivity contribution in [1.29, 1.82) is 0 Å². The number of nitrogens with zero attached hydrogens (tertiary/aromatic N) is 2. The second kappa shape index (κ2) is 7.59. The maximum atomic E-state index is 13.9. The second-order valence-corrected chi connectivity index (χ2v) is 7.34. The first-order valence-corrected chi connectivity index (χ1v) is 9.50. The zero-order valence-corrected chi connectivity index (χ0v) is 15.1. The summed E-state index contributed by atoms with van der Waals surface area (Å²) < 4.78 is 32.4. The minimum atomic E-state index is -0.685. The van der Waals surface area contributed by atoms with Gasteiger partial charge in [0.1, 0.15) is 11.6 Å². The fourth-order valence-electron chi connectivity index (χ4n) is 4.19. The molecule has 0 aliphatic heterocycles. The van der Waals surface area contributed by atoms with Gasteiger partial charge in [0.15, 0.2) is 0 Å². The highest BCUT2D eigenvalue weighted by atomic mass is 19.1. The molecular weight excluding hydrogens is 346 g/mol. The molecule has 4 rings (SSSR count). The summed E-state index contributed by atoms with van der Waals surface area (Å²) >= 11 is 0. The second-order valence-electron chi connectivity index (χ2n) is 7.34. The van der Waals surface area contributed by atoms with E-state index in [0.717, 1.165) is 25.3 Å². The molecule has 0 N–H and O–H groups in total. The Morgan fingerprint density at radius 2 is 1.74 bits per heavy atom. The minimum Gasteiger partial charge on any atom is -0.339 e. The largest absolute Gasteiger partial charge is 0.339 e. The van der Waals surface area contributed by atoms with Gasteiger partial charge < -0.3 is 4.52 Å². The first kappa shape index (κ1) is 17.8. The molecule has 3 aromatic rings. The van der Waals surface area contributed by atoms with Crippen LogP contribution in [0, 0.1) is 11.6 Å². The monoisotopic (exact) mass is 368 g/mol. The van der Waals surface area contributed by atoms with Crippen LogP contribution in [0.5, 0.6) is 0 Å². The zero-order chi connectivity index (χ0) is 18.7. The van der Waals surface area contributed by atoms with E-state index in [9.17, 15) is 8.78 Å². The summed E-state index contributed by atoms with van der Waals surface area (Å²) in [6.45, 7) is 0. The Balaban J connectivity index is 1.53. The van der Waals surface area contributed by atoms with Gasteiger partial charge in [0.2, 0.25) is 11.7 Å². The summed E-state index contributed by atoms with van der Waals surface area (Å²) in [5.74, 6) is -0.646. The Kier molecular flexibility index (Phi) is 5.01. The molecule has 27 heavy (non-hydrogen) atoms. The van der Waals surface area contributed by atoms with E-state index in [1.165, 1.54) is 37.0 Å². The Morgan fingerprint density at radius 1 is 0.963 bits per heavy atom. The van der Waals surface area contributed by atoms with Crippen molar-refractivity contribution >= 4 is 0 Å². The van der Waals surface area contributed by atoms with E-state index in [-0.39, 0.29) is 16.8 Å². The van der Waals surface area contributed by atoms with Gasteiger partial charge in [-0.05, 0) is 42.4 Å². The van der Waals surface area contributed by atoms with E-state index < -0.39 is 11.6 Å². The number of rotatable bonds is 5. The van der Waals surface area contributed by atoms with Gasteiger partial charge >= 0.3 is 0 Å². The van der Waals surface area contributed by atoms with E-state index in [2.05, 4.69) is 34.4 Å². The van der Waals surface area contributed by atoms with Crippen LogP contribution in [0.3, 0.4) is 0 Å². The van der Waals surface area contributed by atoms with E-state index in [1.54, 1.807) is 0 Å². The molecule has 2 aromatic carbocycles. The highest BCUT2D eigenvalue weighted by molar-refractivity contribution is 5.54. The topological polar surface area (TPSA) is 38.9 Å². The van der Waals surface area contributed by atoms with Crippen molar-refractivity contribution in [2.75, 3.05) is 0 Å². The number of hydrogen-bond acceptors (Lipinski definition) is 3. The Hall–Kier alpha value is -2.56. The van der Waals surface area contributed by atoms with E-state index in [0.29, 0.717) is 12.3 Å². The molecule has 0 spiro atoms. The molecule has 5 heteroatoms. The maximum Gasteiger partial charge on any atom is 0.226 e. The number of hydrogen-bond donors (Lipinski definition) is 0. The predicted molar refractivity (Wildman–Crippen MR) is 99.2 cm³/mol. The SMILES string of the molecule is Fc1ccc(-c2noc(CCC3(c4ccccc4)CCCCC3)n2)c(F)c1. The van der Waals surface area contributed by atoms with Gasteiger partial charge in [0.25, 0.3) is 0 Å². The van der Waals surface area contributed by atoms with Crippen molar-refractivity contribution in [3.63, 3.8) is 0 Å². The lowest BCUT2D eigenvalue weighted by Crippen LogP contribution is -2.29. The van der Waals surface area contributed by atoms with Crippen molar-refractivity contribution in [3.8, 4) is 11.4 Å². The van der Waals surface area contributed by atoms with E-state index >= 15 is 0 Å². The molecule has 1 saturated carbocycles. The summed E-state index contributed by atoms with van der Waals surface area (Å²) in [5.41, 5.74) is 1.66. The third-order valence-electron chi connectivity index (χ3n) is 5.65. The molecule has 0 bridgehead atoms. The third-order valence-corrected chi connectivity index (χ3v) is 5.65. The third kappa shape index (κ3) is 3.77. The minimum absolute atomic E-state index is 0.134. The predicted octanol–water partition coefficient (Wildman–Crippen LogP) is 5.85. The lowest BCUT2D eigenvalue weighted by molar-refractivity contribution is 0.261. The summed E-state index contributed by atoms with van der Waals surface area (Å²) in [7, 11) is 0. The van der Waals surface area contributed by atoms with Crippen LogP contribution >= 0.6 is 0 Å². The van der Waals surface area contributed by atoms with Crippen LogP contribution < -0.4 is 0 Å². The molecular formula is C22H22F2N2O. The highest BCUT2D eigenvalue weighted by Crippen LogP contribution is 2.42. The van der Waals surface area contributed by atoms with Gasteiger partial charge in [0, 0.05) is 12.5 Å². The molecule has 1 heterocycles. The number of halogens is 2. The molecule has 0 saturated heterocycles. The molecule has 1 aliphatic carbocycles. The molecule has 140 valence electrons. The molecule has 0 radical (unpaired) electrons. The molecule has 0 atom stereocenters. The van der Waals surface area contributed by atoms with Crippen LogP contribution in [0.1, 0.15) is 50.0 Å². The zero-order valence-electron chi connectivity index (χ0n) is 15.1. The summed E-state index contributed by atoms with van der Waals surface area (Å²) in [4.78, 5) is 4.34. The average Bonchev–Trinajstić information content (AvgIpc) is 3.17. The lowest BCUT2D eigenvalue weighted by atomic mass is 9.67. The van der Waals surface area contributed by atoms with Crippen molar-refractivity contribution in [1.82, 2.24) is 10.1 Å². The quantitative estimate of drug-likeness (QED) is 0.567. The van der Waals surface area contributed by atoms with Gasteiger partial charge in [-0.15, -0.1) is 0 Å². The normalized spacial score (nSPS) is 16.4. The van der Waals surface area contributed by atoms with E-state index in [1.807, 2.05) is 6.07 Å². The molecule has 1 fully saturated rings. The molecule has 1 aliphatic rings. The number of aryl methyl sites for hydroxylation is 1. The van der Waals surface area contributed by atoms with Crippen molar-refractivity contribution in [2.45, 2.75) is 50.4 Å². The molecule has 0 unspecified atom stereocenters. The fraction of sp³-hybridized carbons (Fsp3) is 0.364. The molecule has 1 aromatic heterocycles. The Morgan fingerprint density at radius 3 is 2.48 bits per heavy atom. The number of aromatic nitrogens is 2. The fourth-order valence-corrected chi connectivity index (χ4v) is 4.19. The van der Waals surface area contributed by atoms with Crippen molar-refractivity contribution in [3.05, 3.63) is 71.6 Å². The molecule has 3 nitrogen and oxygen atoms in total. The first-order chi connectivity index (χ1) is 13.2. The lowest BCUT2D eigenvalue weighted by Gasteiger charge is -2.38. The Labute approximate surface area is 157 Å². The van der Waals surface area contributed by atoms with Crippen LogP contribution in [-0.4, -0.2) is 10.1 Å². The van der Waals surface area contributed by atoms with Crippen LogP contribution in [-0.2, 0) is 11.8 Å². The van der Waals surface area contributed by atoms with Crippen molar-refractivity contribution < 1.29 is 13.3 Å². The Bertz CT molecular complexity index is 902. The maximum absolute atomic E-state index is 13.9. The standard InChI is InChI=1S/C22H22F2N2O/c23-17-9-10-18(19(24)15-17)21-25-20(27-26-21)11-14-22(12-5-2-6-13-22)16-7-3-1-4-8-16/h1,3-4,7-10,15H,2,5-6,11-14H2. The van der Waals surface area contributed by atoms with Gasteiger partial charge in [0.05, 0.1) is 5.56 Å². The summed E-state index contributed by atoms with van der Waals surface area (Å²) in [5, 5.41) is 3.89. The van der Waals surface area contributed by atoms with Crippen LogP contribution in [0.2, 0.25) is 0 Å². The highest BCUT2D eigenvalue weighted by Gasteiger charge is 2.34. The summed E-state index contributed by atoms with van der Waals surface area (Å²) in [6, 6.07) is 14.0. The van der Waals surface area contributed by atoms with Gasteiger partial charge in [-0.25, -0.2) is 8.78 Å². The smallest absolute Gasteiger partial charge is 0.226 e. The summed E-state index contributed by atoms with van der Waals surface area (Å²) in [6.07, 6.45) is 7.61. The van der Waals surface area contributed by atoms with Gasteiger partial charge in [-0.3, -0.25) is 0 Å². The van der Waals surface area contributed by atoms with Crippen LogP contribution in [0.25, 0.3) is 11.4 Å². The van der Waals surface area contributed by atoms with E-state index in [4.69, 9.17) is 4.52 Å². The van der Waals surface area contributed by atoms with Gasteiger partial charge in [-0.2, -0.15) is 4.98 Å².